The second-order valence-electron chi connectivity index (χ2n) is 5.60. The van der Waals surface area contributed by atoms with Crippen molar-refractivity contribution in [1.29, 1.82) is 0 Å². The fraction of sp³-hybridized carbons (Fsp3) is 0.350. The monoisotopic (exact) mass is 357 g/mol. The van der Waals surface area contributed by atoms with Crippen LogP contribution < -0.4 is 24.8 Å². The lowest BCUT2D eigenvalue weighted by atomic mass is 10.1. The Morgan fingerprint density at radius 1 is 0.923 bits per heavy atom. The summed E-state index contributed by atoms with van der Waals surface area (Å²) >= 11 is 0. The molecule has 0 aromatic heterocycles. The van der Waals surface area contributed by atoms with Crippen LogP contribution in [0, 0.1) is 0 Å². The summed E-state index contributed by atoms with van der Waals surface area (Å²) in [5.41, 5.74) is 2.24. The van der Waals surface area contributed by atoms with E-state index < -0.39 is 0 Å². The molecule has 2 aromatic carbocycles. The molecule has 0 aliphatic rings. The SMILES string of the molecule is CN=C(NCCc1ccc(OC)cc1)NCc1cccc(OC)c1OC. The van der Waals surface area contributed by atoms with Gasteiger partial charge in [-0.05, 0) is 30.2 Å². The van der Waals surface area contributed by atoms with Crippen molar-refractivity contribution in [3.8, 4) is 17.2 Å². The highest BCUT2D eigenvalue weighted by Crippen LogP contribution is 2.30. The van der Waals surface area contributed by atoms with E-state index >= 15 is 0 Å². The van der Waals surface area contributed by atoms with Crippen LogP contribution in [-0.2, 0) is 13.0 Å². The number of hydrogen-bond donors (Lipinski definition) is 2. The fourth-order valence-electron chi connectivity index (χ4n) is 2.61. The smallest absolute Gasteiger partial charge is 0.191 e. The molecule has 0 spiro atoms. The van der Waals surface area contributed by atoms with Crippen molar-refractivity contribution in [2.24, 2.45) is 4.99 Å². The summed E-state index contributed by atoms with van der Waals surface area (Å²) < 4.78 is 16.0. The molecule has 26 heavy (non-hydrogen) atoms. The van der Waals surface area contributed by atoms with Gasteiger partial charge < -0.3 is 24.8 Å². The van der Waals surface area contributed by atoms with Crippen LogP contribution in [0.3, 0.4) is 0 Å². The van der Waals surface area contributed by atoms with Crippen molar-refractivity contribution >= 4 is 5.96 Å². The van der Waals surface area contributed by atoms with E-state index in [-0.39, 0.29) is 0 Å². The van der Waals surface area contributed by atoms with Gasteiger partial charge in [0.25, 0.3) is 0 Å². The number of aliphatic imine (C=N–C) groups is 1. The Kier molecular flexibility index (Phi) is 7.61. The summed E-state index contributed by atoms with van der Waals surface area (Å²) in [5, 5.41) is 6.62. The van der Waals surface area contributed by atoms with Crippen LogP contribution in [0.2, 0.25) is 0 Å². The van der Waals surface area contributed by atoms with Gasteiger partial charge in [0.1, 0.15) is 5.75 Å². The van der Waals surface area contributed by atoms with Gasteiger partial charge >= 0.3 is 0 Å². The van der Waals surface area contributed by atoms with Gasteiger partial charge in [-0.2, -0.15) is 0 Å². The van der Waals surface area contributed by atoms with Crippen molar-refractivity contribution in [2.75, 3.05) is 34.9 Å². The molecule has 0 saturated carbocycles. The molecule has 0 saturated heterocycles. The number of guanidine groups is 1. The summed E-state index contributed by atoms with van der Waals surface area (Å²) in [4.78, 5) is 4.26. The minimum Gasteiger partial charge on any atom is -0.497 e. The molecule has 0 radical (unpaired) electrons. The van der Waals surface area contributed by atoms with Crippen LogP contribution in [0.4, 0.5) is 0 Å². The zero-order chi connectivity index (χ0) is 18.8. The van der Waals surface area contributed by atoms with Gasteiger partial charge in [0, 0.05) is 25.7 Å². The molecule has 0 bridgehead atoms. The molecule has 0 aliphatic carbocycles. The first kappa shape index (κ1) is 19.4. The van der Waals surface area contributed by atoms with Crippen molar-refractivity contribution in [2.45, 2.75) is 13.0 Å². The van der Waals surface area contributed by atoms with Crippen molar-refractivity contribution in [3.63, 3.8) is 0 Å². The Balaban J connectivity index is 1.86. The summed E-state index contributed by atoms with van der Waals surface area (Å²) in [5.74, 6) is 3.06. The third-order valence-corrected chi connectivity index (χ3v) is 4.02. The average molecular weight is 357 g/mol. The molecule has 2 rings (SSSR count). The number of ether oxygens (including phenoxy) is 3. The number of nitrogens with one attached hydrogen (secondary N) is 2. The number of methoxy groups -OCH3 is 3. The molecule has 0 unspecified atom stereocenters. The van der Waals surface area contributed by atoms with E-state index in [4.69, 9.17) is 14.2 Å². The molecule has 140 valence electrons. The Hall–Kier alpha value is -2.89. The van der Waals surface area contributed by atoms with Gasteiger partial charge in [0.15, 0.2) is 17.5 Å². The Labute approximate surface area is 155 Å². The van der Waals surface area contributed by atoms with Crippen molar-refractivity contribution in [3.05, 3.63) is 53.6 Å². The van der Waals surface area contributed by atoms with Gasteiger partial charge in [0.05, 0.1) is 21.3 Å². The Morgan fingerprint density at radius 3 is 2.31 bits per heavy atom. The fourth-order valence-corrected chi connectivity index (χ4v) is 2.61. The molecule has 0 amide bonds. The van der Waals surface area contributed by atoms with Crippen LogP contribution in [0.25, 0.3) is 0 Å². The quantitative estimate of drug-likeness (QED) is 0.562. The lowest BCUT2D eigenvalue weighted by molar-refractivity contribution is 0.351. The highest BCUT2D eigenvalue weighted by molar-refractivity contribution is 5.79. The number of benzene rings is 2. The second kappa shape index (κ2) is 10.2. The largest absolute Gasteiger partial charge is 0.497 e. The summed E-state index contributed by atoms with van der Waals surface area (Å²) in [7, 11) is 6.70. The maximum absolute atomic E-state index is 5.46. The molecule has 0 fully saturated rings. The molecule has 0 aliphatic heterocycles. The van der Waals surface area contributed by atoms with E-state index in [0.29, 0.717) is 12.3 Å². The molecular weight excluding hydrogens is 330 g/mol. The number of hydrogen-bond acceptors (Lipinski definition) is 4. The van der Waals surface area contributed by atoms with E-state index in [1.807, 2.05) is 30.3 Å². The number of para-hydroxylation sites is 1. The van der Waals surface area contributed by atoms with Crippen LogP contribution in [0.1, 0.15) is 11.1 Å². The summed E-state index contributed by atoms with van der Waals surface area (Å²) in [6.45, 7) is 1.36. The third kappa shape index (κ3) is 5.31. The first-order valence-corrected chi connectivity index (χ1v) is 8.49. The second-order valence-corrected chi connectivity index (χ2v) is 5.60. The molecule has 0 atom stereocenters. The van der Waals surface area contributed by atoms with Crippen LogP contribution in [0.5, 0.6) is 17.2 Å². The minimum atomic E-state index is 0.586. The van der Waals surface area contributed by atoms with E-state index in [1.165, 1.54) is 5.56 Å². The predicted molar refractivity (Wildman–Crippen MR) is 104 cm³/mol. The van der Waals surface area contributed by atoms with Gasteiger partial charge in [-0.25, -0.2) is 0 Å². The maximum atomic E-state index is 5.46. The zero-order valence-corrected chi connectivity index (χ0v) is 15.8. The Bertz CT molecular complexity index is 715. The summed E-state index contributed by atoms with van der Waals surface area (Å²) in [6, 6.07) is 13.9. The van der Waals surface area contributed by atoms with Crippen LogP contribution >= 0.6 is 0 Å². The lowest BCUT2D eigenvalue weighted by Gasteiger charge is -2.15. The van der Waals surface area contributed by atoms with Crippen molar-refractivity contribution < 1.29 is 14.2 Å². The number of nitrogens with zero attached hydrogens (tertiary/aromatic N) is 1. The zero-order valence-electron chi connectivity index (χ0n) is 15.8. The number of rotatable bonds is 8. The van der Waals surface area contributed by atoms with Crippen LogP contribution in [-0.4, -0.2) is 40.9 Å². The van der Waals surface area contributed by atoms with E-state index in [2.05, 4.69) is 27.8 Å². The first-order valence-electron chi connectivity index (χ1n) is 8.49. The molecule has 2 aromatic rings. The normalized spacial score (nSPS) is 11.0. The average Bonchev–Trinajstić information content (AvgIpc) is 2.70. The standard InChI is InChI=1S/C20H27N3O3/c1-21-20(22-13-12-15-8-10-17(24-2)11-9-15)23-14-16-6-5-7-18(25-3)19(16)26-4/h5-11H,12-14H2,1-4H3,(H2,21,22,23). The molecule has 2 N–H and O–H groups in total. The Morgan fingerprint density at radius 2 is 1.69 bits per heavy atom. The first-order chi connectivity index (χ1) is 12.7. The highest BCUT2D eigenvalue weighted by Gasteiger charge is 2.09. The van der Waals surface area contributed by atoms with E-state index in [0.717, 1.165) is 36.0 Å². The van der Waals surface area contributed by atoms with Crippen LogP contribution in [0.15, 0.2) is 47.5 Å². The van der Waals surface area contributed by atoms with Gasteiger partial charge in [-0.3, -0.25) is 4.99 Å². The van der Waals surface area contributed by atoms with Crippen molar-refractivity contribution in [1.82, 2.24) is 10.6 Å². The molecular formula is C20H27N3O3. The minimum absolute atomic E-state index is 0.586. The van der Waals surface area contributed by atoms with E-state index in [1.54, 1.807) is 28.4 Å². The van der Waals surface area contributed by atoms with Gasteiger partial charge in [0.2, 0.25) is 0 Å². The predicted octanol–water partition coefficient (Wildman–Crippen LogP) is 2.62. The highest BCUT2D eigenvalue weighted by atomic mass is 16.5. The maximum Gasteiger partial charge on any atom is 0.191 e. The lowest BCUT2D eigenvalue weighted by Crippen LogP contribution is -2.37. The third-order valence-electron chi connectivity index (χ3n) is 4.02. The van der Waals surface area contributed by atoms with Gasteiger partial charge in [-0.15, -0.1) is 0 Å². The van der Waals surface area contributed by atoms with E-state index in [9.17, 15) is 0 Å². The molecule has 6 heteroatoms. The topological polar surface area (TPSA) is 64.1 Å². The molecule has 0 heterocycles. The van der Waals surface area contributed by atoms with Gasteiger partial charge in [-0.1, -0.05) is 24.3 Å². The summed E-state index contributed by atoms with van der Waals surface area (Å²) in [6.07, 6.45) is 0.896. The molecule has 6 nitrogen and oxygen atoms in total.